The van der Waals surface area contributed by atoms with Gasteiger partial charge in [-0.2, -0.15) is 0 Å². The van der Waals surface area contributed by atoms with Crippen molar-refractivity contribution in [1.29, 1.82) is 0 Å². The number of allylic oxidation sites excluding steroid dienone is 1. The van der Waals surface area contributed by atoms with Gasteiger partial charge in [-0.15, -0.1) is 0 Å². The van der Waals surface area contributed by atoms with E-state index in [0.29, 0.717) is 5.57 Å². The van der Waals surface area contributed by atoms with Crippen LogP contribution in [-0.2, 0) is 10.4 Å². The van der Waals surface area contributed by atoms with E-state index in [4.69, 9.17) is 0 Å². The molecule has 1 aliphatic rings. The van der Waals surface area contributed by atoms with Gasteiger partial charge in [-0.05, 0) is 28.7 Å². The van der Waals surface area contributed by atoms with E-state index >= 15 is 0 Å². The van der Waals surface area contributed by atoms with Crippen molar-refractivity contribution in [2.75, 3.05) is 0 Å². The Balaban J connectivity index is 2.20. The zero-order chi connectivity index (χ0) is 15.7. The molecule has 0 fully saturated rings. The molecule has 0 saturated carbocycles. The van der Waals surface area contributed by atoms with Crippen molar-refractivity contribution >= 4 is 11.4 Å². The van der Waals surface area contributed by atoms with Crippen molar-refractivity contribution in [2.45, 2.75) is 19.4 Å². The molecule has 112 valence electrons. The van der Waals surface area contributed by atoms with Gasteiger partial charge in [0.1, 0.15) is 5.60 Å². The molecule has 3 rings (SSSR count). The van der Waals surface area contributed by atoms with E-state index in [1.807, 2.05) is 74.5 Å². The van der Waals surface area contributed by atoms with Gasteiger partial charge in [-0.1, -0.05) is 74.5 Å². The topological polar surface area (TPSA) is 37.3 Å². The first-order chi connectivity index (χ1) is 10.5. The number of aliphatic hydroxyl groups is 1. The number of carbonyl (C=O) groups excluding carboxylic acids is 1. The molecule has 22 heavy (non-hydrogen) atoms. The first-order valence-corrected chi connectivity index (χ1v) is 7.64. The Kier molecular flexibility index (Phi) is 3.71. The minimum Gasteiger partial charge on any atom is -0.380 e. The van der Waals surface area contributed by atoms with E-state index in [0.717, 1.165) is 11.1 Å². The maximum atomic E-state index is 12.6. The van der Waals surface area contributed by atoms with Crippen LogP contribution >= 0.6 is 0 Å². The normalized spacial score (nSPS) is 24.6. The first-order valence-electron chi connectivity index (χ1n) is 7.64. The molecular formula is C20H20O2. The second-order valence-corrected chi connectivity index (χ2v) is 6.18. The summed E-state index contributed by atoms with van der Waals surface area (Å²) in [5.74, 6) is -0.402. The van der Waals surface area contributed by atoms with Crippen molar-refractivity contribution in [3.05, 3.63) is 77.9 Å². The number of benzene rings is 2. The molecule has 0 radical (unpaired) electrons. The third kappa shape index (κ3) is 2.20. The minimum absolute atomic E-state index is 0.000191. The number of carbonyl (C=O) groups is 1. The molecule has 1 N–H and O–H groups in total. The number of hydrogen-bond acceptors (Lipinski definition) is 2. The third-order valence-electron chi connectivity index (χ3n) is 4.42. The fraction of sp³-hybridized carbons (Fsp3) is 0.250. The molecule has 0 unspecified atom stereocenters. The van der Waals surface area contributed by atoms with Crippen molar-refractivity contribution < 1.29 is 9.90 Å². The molecule has 0 saturated heterocycles. The van der Waals surface area contributed by atoms with Crippen LogP contribution in [0, 0.1) is 11.8 Å². The molecule has 0 bridgehead atoms. The number of hydrogen-bond donors (Lipinski definition) is 1. The highest BCUT2D eigenvalue weighted by atomic mass is 16.3. The van der Waals surface area contributed by atoms with Gasteiger partial charge in [0, 0.05) is 0 Å². The van der Waals surface area contributed by atoms with Crippen molar-refractivity contribution in [3.8, 4) is 0 Å². The van der Waals surface area contributed by atoms with Crippen LogP contribution in [0.2, 0.25) is 0 Å². The zero-order valence-corrected chi connectivity index (χ0v) is 12.9. The molecule has 2 aromatic rings. The number of ketones is 1. The lowest BCUT2D eigenvalue weighted by atomic mass is 9.73. The largest absolute Gasteiger partial charge is 0.380 e. The van der Waals surface area contributed by atoms with Crippen molar-refractivity contribution in [3.63, 3.8) is 0 Å². The monoisotopic (exact) mass is 292 g/mol. The molecule has 2 aromatic carbocycles. The summed E-state index contributed by atoms with van der Waals surface area (Å²) in [6, 6.07) is 19.2. The standard InChI is InChI=1S/C20H20O2/c1-14(2)19-18(21)13-17(15-9-5-3-6-10-15)20(19,22)16-11-7-4-8-12-16/h3-14,19,22H,1-2H3/t19-,20+/m1/s1. The van der Waals surface area contributed by atoms with E-state index in [1.165, 1.54) is 0 Å². The lowest BCUT2D eigenvalue weighted by Gasteiger charge is -2.35. The Hall–Kier alpha value is -2.19. The average Bonchev–Trinajstić information content (AvgIpc) is 2.81. The smallest absolute Gasteiger partial charge is 0.163 e. The van der Waals surface area contributed by atoms with Crippen LogP contribution in [0.3, 0.4) is 0 Å². The maximum absolute atomic E-state index is 12.6. The van der Waals surface area contributed by atoms with Gasteiger partial charge in [0.25, 0.3) is 0 Å². The SMILES string of the molecule is CC(C)[C@@H]1C(=O)C=C(c2ccccc2)[C@@]1(O)c1ccccc1. The summed E-state index contributed by atoms with van der Waals surface area (Å²) in [5, 5.41) is 11.6. The van der Waals surface area contributed by atoms with E-state index in [-0.39, 0.29) is 11.7 Å². The van der Waals surface area contributed by atoms with Crippen LogP contribution < -0.4 is 0 Å². The van der Waals surface area contributed by atoms with Gasteiger partial charge in [-0.3, -0.25) is 4.79 Å². The Bertz CT molecular complexity index is 701. The van der Waals surface area contributed by atoms with E-state index in [2.05, 4.69) is 0 Å². The van der Waals surface area contributed by atoms with Crippen LogP contribution in [0.15, 0.2) is 66.7 Å². The van der Waals surface area contributed by atoms with Crippen LogP contribution in [-0.4, -0.2) is 10.9 Å². The summed E-state index contributed by atoms with van der Waals surface area (Å²) < 4.78 is 0. The van der Waals surface area contributed by atoms with Gasteiger partial charge in [0.2, 0.25) is 0 Å². The van der Waals surface area contributed by atoms with Gasteiger partial charge in [0.05, 0.1) is 5.92 Å². The van der Waals surface area contributed by atoms with E-state index < -0.39 is 11.5 Å². The molecule has 2 nitrogen and oxygen atoms in total. The molecule has 0 spiro atoms. The van der Waals surface area contributed by atoms with Gasteiger partial charge >= 0.3 is 0 Å². The van der Waals surface area contributed by atoms with E-state index in [1.54, 1.807) is 6.08 Å². The summed E-state index contributed by atoms with van der Waals surface area (Å²) in [6.45, 7) is 3.97. The first kappa shape index (κ1) is 14.7. The maximum Gasteiger partial charge on any atom is 0.163 e. The van der Waals surface area contributed by atoms with Crippen LogP contribution in [0.5, 0.6) is 0 Å². The summed E-state index contributed by atoms with van der Waals surface area (Å²) >= 11 is 0. The Morgan fingerprint density at radius 2 is 1.50 bits per heavy atom. The molecule has 0 aromatic heterocycles. The highest BCUT2D eigenvalue weighted by Crippen LogP contribution is 2.49. The van der Waals surface area contributed by atoms with Gasteiger partial charge in [-0.25, -0.2) is 0 Å². The van der Waals surface area contributed by atoms with Crippen LogP contribution in [0.4, 0.5) is 0 Å². The number of rotatable bonds is 3. The Morgan fingerprint density at radius 1 is 0.955 bits per heavy atom. The average molecular weight is 292 g/mol. The minimum atomic E-state index is -1.27. The van der Waals surface area contributed by atoms with Gasteiger partial charge in [0.15, 0.2) is 5.78 Å². The molecule has 0 amide bonds. The summed E-state index contributed by atoms with van der Waals surface area (Å²) in [5.41, 5.74) is 1.09. The lowest BCUT2D eigenvalue weighted by molar-refractivity contribution is -0.124. The molecule has 2 heteroatoms. The Morgan fingerprint density at radius 3 is 2.05 bits per heavy atom. The fourth-order valence-electron chi connectivity index (χ4n) is 3.47. The van der Waals surface area contributed by atoms with Crippen LogP contribution in [0.1, 0.15) is 25.0 Å². The highest BCUT2D eigenvalue weighted by Gasteiger charge is 2.51. The molecule has 2 atom stereocenters. The summed E-state index contributed by atoms with van der Waals surface area (Å²) in [7, 11) is 0. The second kappa shape index (κ2) is 5.54. The molecular weight excluding hydrogens is 272 g/mol. The second-order valence-electron chi connectivity index (χ2n) is 6.18. The lowest BCUT2D eigenvalue weighted by Crippen LogP contribution is -2.38. The predicted octanol–water partition coefficient (Wildman–Crippen LogP) is 3.81. The highest BCUT2D eigenvalue weighted by molar-refractivity contribution is 6.07. The molecule has 0 heterocycles. The zero-order valence-electron chi connectivity index (χ0n) is 12.9. The van der Waals surface area contributed by atoms with Crippen LogP contribution in [0.25, 0.3) is 5.57 Å². The molecule has 1 aliphatic carbocycles. The summed E-state index contributed by atoms with van der Waals surface area (Å²) in [6.07, 6.45) is 1.62. The fourth-order valence-corrected chi connectivity index (χ4v) is 3.47. The third-order valence-corrected chi connectivity index (χ3v) is 4.42. The predicted molar refractivity (Wildman–Crippen MR) is 88.1 cm³/mol. The van der Waals surface area contributed by atoms with Crippen molar-refractivity contribution in [2.24, 2.45) is 11.8 Å². The molecule has 0 aliphatic heterocycles. The quantitative estimate of drug-likeness (QED) is 0.934. The van der Waals surface area contributed by atoms with Crippen molar-refractivity contribution in [1.82, 2.24) is 0 Å². The Labute approximate surface area is 131 Å². The van der Waals surface area contributed by atoms with E-state index in [9.17, 15) is 9.90 Å². The van der Waals surface area contributed by atoms with Gasteiger partial charge < -0.3 is 5.11 Å². The summed E-state index contributed by atoms with van der Waals surface area (Å²) in [4.78, 5) is 12.6.